The van der Waals surface area contributed by atoms with Crippen LogP contribution in [-0.4, -0.2) is 44.8 Å². The number of halogens is 3. The Kier molecular flexibility index (Phi) is 9.17. The van der Waals surface area contributed by atoms with Crippen LogP contribution in [0.15, 0.2) is 71.6 Å². The summed E-state index contributed by atoms with van der Waals surface area (Å²) < 4.78 is 41.7. The van der Waals surface area contributed by atoms with Gasteiger partial charge in [0.2, 0.25) is 11.8 Å². The molecule has 0 bridgehead atoms. The van der Waals surface area contributed by atoms with Gasteiger partial charge in [-0.3, -0.25) is 13.9 Å². The summed E-state index contributed by atoms with van der Waals surface area (Å²) in [6.45, 7) is 2.69. The summed E-state index contributed by atoms with van der Waals surface area (Å²) in [5.41, 5.74) is 1.65. The molecule has 1 atom stereocenters. The average molecular weight is 566 g/mol. The fourth-order valence-electron chi connectivity index (χ4n) is 3.60. The van der Waals surface area contributed by atoms with Crippen molar-refractivity contribution < 1.29 is 22.4 Å². The number of hydrogen-bond acceptors (Lipinski definition) is 4. The topological polar surface area (TPSA) is 86.8 Å². The van der Waals surface area contributed by atoms with Crippen LogP contribution in [-0.2, 0) is 26.2 Å². The Labute approximate surface area is 225 Å². The molecular weight excluding hydrogens is 540 g/mol. The van der Waals surface area contributed by atoms with Gasteiger partial charge in [-0.15, -0.1) is 0 Å². The van der Waals surface area contributed by atoms with Gasteiger partial charge in [0.15, 0.2) is 0 Å². The summed E-state index contributed by atoms with van der Waals surface area (Å²) >= 11 is 12.3. The van der Waals surface area contributed by atoms with E-state index in [1.807, 2.05) is 6.92 Å². The monoisotopic (exact) mass is 565 g/mol. The molecule has 0 fully saturated rings. The number of amides is 2. The first-order valence-electron chi connectivity index (χ1n) is 11.2. The van der Waals surface area contributed by atoms with Crippen molar-refractivity contribution in [3.63, 3.8) is 0 Å². The zero-order valence-electron chi connectivity index (χ0n) is 20.4. The van der Waals surface area contributed by atoms with Gasteiger partial charge in [-0.05, 0) is 67.9 Å². The standard InChI is InChI=1S/C26H26Cl2FN3O4S/c1-17-4-10-22(11-5-17)32(37(35,36)23-12-8-21(29)9-13-23)16-25(33)31(18(2)26(34)30-3)15-19-6-7-20(27)14-24(19)28/h4-14,18H,15-16H2,1-3H3,(H,30,34)/t18-/m0/s1. The Bertz CT molecular complexity index is 1380. The van der Waals surface area contributed by atoms with Gasteiger partial charge in [-0.1, -0.05) is 47.0 Å². The predicted octanol–water partition coefficient (Wildman–Crippen LogP) is 4.80. The van der Waals surface area contributed by atoms with Crippen LogP contribution in [0.3, 0.4) is 0 Å². The van der Waals surface area contributed by atoms with Gasteiger partial charge in [0.05, 0.1) is 10.6 Å². The van der Waals surface area contributed by atoms with Crippen LogP contribution in [0.25, 0.3) is 0 Å². The highest BCUT2D eigenvalue weighted by molar-refractivity contribution is 7.92. The lowest BCUT2D eigenvalue weighted by atomic mass is 10.1. The first-order chi connectivity index (χ1) is 17.4. The number of aryl methyl sites for hydroxylation is 1. The third-order valence-electron chi connectivity index (χ3n) is 5.77. The third-order valence-corrected chi connectivity index (χ3v) is 8.15. The molecule has 1 N–H and O–H groups in total. The molecule has 3 aromatic carbocycles. The van der Waals surface area contributed by atoms with E-state index >= 15 is 0 Å². The Morgan fingerprint density at radius 2 is 1.62 bits per heavy atom. The second-order valence-electron chi connectivity index (χ2n) is 8.35. The van der Waals surface area contributed by atoms with E-state index in [1.54, 1.807) is 36.4 Å². The molecule has 0 aliphatic heterocycles. The van der Waals surface area contributed by atoms with Gasteiger partial charge in [-0.2, -0.15) is 0 Å². The fraction of sp³-hybridized carbons (Fsp3) is 0.231. The minimum absolute atomic E-state index is 0.0677. The average Bonchev–Trinajstić information content (AvgIpc) is 2.86. The Morgan fingerprint density at radius 3 is 2.19 bits per heavy atom. The highest BCUT2D eigenvalue weighted by atomic mass is 35.5. The molecule has 3 rings (SSSR count). The summed E-state index contributed by atoms with van der Waals surface area (Å²) in [4.78, 5) is 27.2. The Balaban J connectivity index is 2.04. The second-order valence-corrected chi connectivity index (χ2v) is 11.1. The van der Waals surface area contributed by atoms with E-state index < -0.39 is 40.2 Å². The molecule has 0 saturated heterocycles. The van der Waals surface area contributed by atoms with Gasteiger partial charge >= 0.3 is 0 Å². The maximum atomic E-state index is 13.7. The molecule has 37 heavy (non-hydrogen) atoms. The third kappa shape index (κ3) is 6.80. The van der Waals surface area contributed by atoms with Crippen molar-refractivity contribution in [1.82, 2.24) is 10.2 Å². The predicted molar refractivity (Wildman–Crippen MR) is 143 cm³/mol. The zero-order valence-corrected chi connectivity index (χ0v) is 22.7. The van der Waals surface area contributed by atoms with E-state index in [4.69, 9.17) is 23.2 Å². The van der Waals surface area contributed by atoms with Crippen LogP contribution in [0.1, 0.15) is 18.1 Å². The molecule has 7 nitrogen and oxygen atoms in total. The van der Waals surface area contributed by atoms with E-state index in [0.717, 1.165) is 34.1 Å². The number of nitrogens with one attached hydrogen (secondary N) is 1. The van der Waals surface area contributed by atoms with Crippen molar-refractivity contribution >= 4 is 50.7 Å². The smallest absolute Gasteiger partial charge is 0.264 e. The van der Waals surface area contributed by atoms with Gasteiger partial charge < -0.3 is 10.2 Å². The lowest BCUT2D eigenvalue weighted by molar-refractivity contribution is -0.139. The molecule has 3 aromatic rings. The van der Waals surface area contributed by atoms with Crippen LogP contribution >= 0.6 is 23.2 Å². The molecule has 0 spiro atoms. The van der Waals surface area contributed by atoms with Crippen molar-refractivity contribution in [3.8, 4) is 0 Å². The molecule has 196 valence electrons. The summed E-state index contributed by atoms with van der Waals surface area (Å²) in [5, 5.41) is 3.21. The van der Waals surface area contributed by atoms with E-state index in [9.17, 15) is 22.4 Å². The Hall–Kier alpha value is -3.14. The maximum Gasteiger partial charge on any atom is 0.264 e. The highest BCUT2D eigenvalue weighted by Gasteiger charge is 2.32. The molecule has 0 radical (unpaired) electrons. The summed E-state index contributed by atoms with van der Waals surface area (Å²) in [6, 6.07) is 14.7. The minimum atomic E-state index is -4.28. The van der Waals surface area contributed by atoms with Crippen molar-refractivity contribution in [1.29, 1.82) is 0 Å². The molecule has 0 unspecified atom stereocenters. The number of hydrogen-bond donors (Lipinski definition) is 1. The highest BCUT2D eigenvalue weighted by Crippen LogP contribution is 2.27. The minimum Gasteiger partial charge on any atom is -0.357 e. The van der Waals surface area contributed by atoms with Crippen molar-refractivity contribution in [2.75, 3.05) is 17.9 Å². The first kappa shape index (κ1) is 28.4. The number of rotatable bonds is 9. The van der Waals surface area contributed by atoms with E-state index in [0.29, 0.717) is 15.6 Å². The van der Waals surface area contributed by atoms with Crippen LogP contribution in [0.2, 0.25) is 10.0 Å². The molecule has 0 saturated carbocycles. The number of likely N-dealkylation sites (N-methyl/N-ethyl adjacent to an activating group) is 1. The van der Waals surface area contributed by atoms with Gasteiger partial charge in [-0.25, -0.2) is 12.8 Å². The van der Waals surface area contributed by atoms with Crippen LogP contribution in [0, 0.1) is 12.7 Å². The summed E-state index contributed by atoms with van der Waals surface area (Å²) in [5.74, 6) is -1.68. The number of carbonyl (C=O) groups excluding carboxylic acids is 2. The molecule has 0 aliphatic carbocycles. The van der Waals surface area contributed by atoms with Crippen molar-refractivity contribution in [3.05, 3.63) is 93.7 Å². The zero-order chi connectivity index (χ0) is 27.3. The van der Waals surface area contributed by atoms with Crippen LogP contribution in [0.5, 0.6) is 0 Å². The lowest BCUT2D eigenvalue weighted by Gasteiger charge is -2.32. The van der Waals surface area contributed by atoms with Gasteiger partial charge in [0.1, 0.15) is 18.4 Å². The fourth-order valence-corrected chi connectivity index (χ4v) is 5.48. The molecule has 11 heteroatoms. The van der Waals surface area contributed by atoms with E-state index in [2.05, 4.69) is 5.32 Å². The largest absolute Gasteiger partial charge is 0.357 e. The quantitative estimate of drug-likeness (QED) is 0.403. The van der Waals surface area contributed by atoms with E-state index in [-0.39, 0.29) is 17.1 Å². The number of nitrogens with zero attached hydrogens (tertiary/aromatic N) is 2. The Morgan fingerprint density at radius 1 is 1.00 bits per heavy atom. The van der Waals surface area contributed by atoms with E-state index in [1.165, 1.54) is 24.9 Å². The number of sulfonamides is 1. The van der Waals surface area contributed by atoms with Gasteiger partial charge in [0.25, 0.3) is 10.0 Å². The van der Waals surface area contributed by atoms with Crippen molar-refractivity contribution in [2.24, 2.45) is 0 Å². The normalized spacial score (nSPS) is 12.1. The number of carbonyl (C=O) groups is 2. The summed E-state index contributed by atoms with van der Waals surface area (Å²) in [6.07, 6.45) is 0. The number of anilines is 1. The molecular formula is C26H26Cl2FN3O4S. The first-order valence-corrected chi connectivity index (χ1v) is 13.4. The SMILES string of the molecule is CNC(=O)[C@H](C)N(Cc1ccc(Cl)cc1Cl)C(=O)CN(c1ccc(C)cc1)S(=O)(=O)c1ccc(F)cc1. The van der Waals surface area contributed by atoms with Gasteiger partial charge in [0, 0.05) is 23.6 Å². The van der Waals surface area contributed by atoms with Crippen molar-refractivity contribution in [2.45, 2.75) is 31.3 Å². The molecule has 0 aliphatic rings. The molecule has 0 aromatic heterocycles. The molecule has 2 amide bonds. The lowest BCUT2D eigenvalue weighted by Crippen LogP contribution is -2.50. The summed E-state index contributed by atoms with van der Waals surface area (Å²) in [7, 11) is -2.84. The molecule has 0 heterocycles. The second kappa shape index (κ2) is 11.9. The van der Waals surface area contributed by atoms with Crippen LogP contribution < -0.4 is 9.62 Å². The van der Waals surface area contributed by atoms with Crippen LogP contribution in [0.4, 0.5) is 10.1 Å². The maximum absolute atomic E-state index is 13.7. The number of benzene rings is 3.